The number of hydrogen-bond donors (Lipinski definition) is 1. The first kappa shape index (κ1) is 18.5. The second kappa shape index (κ2) is 8.83. The minimum absolute atomic E-state index is 0. The zero-order valence-electron chi connectivity index (χ0n) is 13.2. The maximum Gasteiger partial charge on any atom is 0.145 e. The van der Waals surface area contributed by atoms with Gasteiger partial charge < -0.3 is 15.2 Å². The Morgan fingerprint density at radius 3 is 2.75 bits per heavy atom. The highest BCUT2D eigenvalue weighted by molar-refractivity contribution is 6.32. The summed E-state index contributed by atoms with van der Waals surface area (Å²) in [4.78, 5) is 2.32. The van der Waals surface area contributed by atoms with Gasteiger partial charge in [0.2, 0.25) is 0 Å². The maximum absolute atomic E-state index is 6.10. The van der Waals surface area contributed by atoms with Crippen LogP contribution in [0.3, 0.4) is 0 Å². The summed E-state index contributed by atoms with van der Waals surface area (Å²) in [5.41, 5.74) is 7.57. The van der Waals surface area contributed by atoms with Gasteiger partial charge in [-0.15, -0.1) is 12.4 Å². The summed E-state index contributed by atoms with van der Waals surface area (Å²) < 4.78 is 11.3. The first-order chi connectivity index (χ1) is 11.2. The minimum atomic E-state index is 0. The largest absolute Gasteiger partial charge is 0.492 e. The van der Waals surface area contributed by atoms with Gasteiger partial charge in [-0.1, -0.05) is 41.9 Å². The van der Waals surface area contributed by atoms with Crippen LogP contribution in [-0.4, -0.2) is 24.6 Å². The summed E-state index contributed by atoms with van der Waals surface area (Å²) >= 11 is 6.10. The number of anilines is 1. The van der Waals surface area contributed by atoms with Crippen molar-refractivity contribution in [1.29, 1.82) is 0 Å². The van der Waals surface area contributed by atoms with Gasteiger partial charge >= 0.3 is 0 Å². The minimum Gasteiger partial charge on any atom is -0.492 e. The number of morpholine rings is 1. The molecule has 24 heavy (non-hydrogen) atoms. The van der Waals surface area contributed by atoms with Gasteiger partial charge in [0.25, 0.3) is 0 Å². The number of rotatable bonds is 4. The molecule has 0 saturated carbocycles. The molecule has 1 aliphatic rings. The van der Waals surface area contributed by atoms with Crippen LogP contribution in [0.5, 0.6) is 5.75 Å². The average molecular weight is 367 g/mol. The van der Waals surface area contributed by atoms with Gasteiger partial charge in [0.15, 0.2) is 0 Å². The van der Waals surface area contributed by atoms with E-state index in [0.29, 0.717) is 29.6 Å². The van der Waals surface area contributed by atoms with E-state index in [-0.39, 0.29) is 12.4 Å². The Labute approximate surface area is 153 Å². The van der Waals surface area contributed by atoms with Gasteiger partial charge in [0.05, 0.1) is 11.6 Å². The molecule has 0 radical (unpaired) electrons. The molecule has 2 N–H and O–H groups in total. The van der Waals surface area contributed by atoms with Gasteiger partial charge in [-0.2, -0.15) is 0 Å². The van der Waals surface area contributed by atoms with E-state index in [4.69, 9.17) is 26.8 Å². The van der Waals surface area contributed by atoms with E-state index in [1.807, 2.05) is 6.07 Å². The van der Waals surface area contributed by atoms with Crippen LogP contribution in [-0.2, 0) is 11.3 Å². The molecule has 0 atom stereocenters. The summed E-state index contributed by atoms with van der Waals surface area (Å²) in [6.45, 7) is 3.15. The van der Waals surface area contributed by atoms with Crippen molar-refractivity contribution < 1.29 is 9.47 Å². The molecule has 0 bridgehead atoms. The van der Waals surface area contributed by atoms with Crippen LogP contribution >= 0.6 is 24.0 Å². The van der Waals surface area contributed by atoms with E-state index in [2.05, 4.69) is 29.2 Å². The van der Waals surface area contributed by atoms with E-state index in [9.17, 15) is 0 Å². The molecular weight excluding hydrogens is 347 g/mol. The van der Waals surface area contributed by atoms with Crippen LogP contribution < -0.4 is 10.5 Å². The van der Waals surface area contributed by atoms with E-state index in [1.165, 1.54) is 5.56 Å². The number of nitrogens with zero attached hydrogens (tertiary/aromatic N) is 1. The Morgan fingerprint density at radius 2 is 2.00 bits per heavy atom. The summed E-state index contributed by atoms with van der Waals surface area (Å²) in [5, 5.41) is 0.485. The van der Waals surface area contributed by atoms with Crippen LogP contribution in [0, 0.1) is 0 Å². The van der Waals surface area contributed by atoms with Crippen molar-refractivity contribution in [2.24, 2.45) is 0 Å². The van der Waals surface area contributed by atoms with Crippen molar-refractivity contribution in [2.75, 3.05) is 25.4 Å². The van der Waals surface area contributed by atoms with E-state index >= 15 is 0 Å². The Kier molecular flexibility index (Phi) is 6.79. The highest BCUT2D eigenvalue weighted by Crippen LogP contribution is 2.27. The normalized spacial score (nSPS) is 16.3. The van der Waals surface area contributed by atoms with E-state index in [1.54, 1.807) is 24.5 Å². The molecule has 1 heterocycles. The first-order valence-corrected chi connectivity index (χ1v) is 7.88. The SMILES string of the molecule is Cl.Nc1ccc(OC=C2CN(Cc3ccccc3)CCO2)c(Cl)c1. The zero-order chi connectivity index (χ0) is 16.1. The Morgan fingerprint density at radius 1 is 1.21 bits per heavy atom. The lowest BCUT2D eigenvalue weighted by Crippen LogP contribution is -2.34. The lowest BCUT2D eigenvalue weighted by atomic mass is 10.2. The number of hydrogen-bond acceptors (Lipinski definition) is 4. The van der Waals surface area contributed by atoms with Crippen molar-refractivity contribution >= 4 is 29.7 Å². The molecule has 4 nitrogen and oxygen atoms in total. The Balaban J connectivity index is 0.00000208. The van der Waals surface area contributed by atoms with Crippen molar-refractivity contribution in [1.82, 2.24) is 4.90 Å². The second-order valence-corrected chi connectivity index (χ2v) is 5.84. The van der Waals surface area contributed by atoms with Crippen LogP contribution in [0.4, 0.5) is 5.69 Å². The summed E-state index contributed by atoms with van der Waals surface area (Å²) in [6.07, 6.45) is 1.62. The molecule has 0 unspecified atom stereocenters. The van der Waals surface area contributed by atoms with Crippen LogP contribution in [0.25, 0.3) is 0 Å². The van der Waals surface area contributed by atoms with Crippen molar-refractivity contribution in [3.63, 3.8) is 0 Å². The highest BCUT2D eigenvalue weighted by atomic mass is 35.5. The Bertz CT molecular complexity index is 693. The number of nitrogens with two attached hydrogens (primary N) is 1. The van der Waals surface area contributed by atoms with Crippen LogP contribution in [0.15, 0.2) is 60.6 Å². The lowest BCUT2D eigenvalue weighted by molar-refractivity contribution is 0.0843. The smallest absolute Gasteiger partial charge is 0.145 e. The molecule has 0 aliphatic carbocycles. The number of nitrogen functional groups attached to an aromatic ring is 1. The fourth-order valence-corrected chi connectivity index (χ4v) is 2.67. The predicted molar refractivity (Wildman–Crippen MR) is 99.5 cm³/mol. The molecule has 0 aromatic heterocycles. The highest BCUT2D eigenvalue weighted by Gasteiger charge is 2.16. The van der Waals surface area contributed by atoms with Crippen molar-refractivity contribution in [3.05, 3.63) is 71.1 Å². The summed E-state index contributed by atoms with van der Waals surface area (Å²) in [6, 6.07) is 15.6. The molecule has 128 valence electrons. The molecule has 0 spiro atoms. The van der Waals surface area contributed by atoms with Crippen LogP contribution in [0.2, 0.25) is 5.02 Å². The third-order valence-corrected chi connectivity index (χ3v) is 3.89. The van der Waals surface area contributed by atoms with Crippen molar-refractivity contribution in [3.8, 4) is 5.75 Å². The first-order valence-electron chi connectivity index (χ1n) is 7.50. The summed E-state index contributed by atoms with van der Waals surface area (Å²) in [5.74, 6) is 1.36. The molecule has 6 heteroatoms. The van der Waals surface area contributed by atoms with Gasteiger partial charge in [0.1, 0.15) is 24.4 Å². The molecule has 1 aliphatic heterocycles. The number of benzene rings is 2. The molecule has 1 fully saturated rings. The molecule has 1 saturated heterocycles. The molecule has 2 aromatic rings. The molecular formula is C18H20Cl2N2O2. The third-order valence-electron chi connectivity index (χ3n) is 3.60. The van der Waals surface area contributed by atoms with Gasteiger partial charge in [-0.3, -0.25) is 4.90 Å². The van der Waals surface area contributed by atoms with Gasteiger partial charge in [-0.25, -0.2) is 0 Å². The number of ether oxygens (including phenoxy) is 2. The Hall–Kier alpha value is -1.88. The standard InChI is InChI=1S/C18H19ClN2O2.ClH/c19-17-10-15(20)6-7-18(17)23-13-16-12-21(8-9-22-16)11-14-4-2-1-3-5-14;/h1-7,10,13H,8-9,11-12,20H2;1H. The predicted octanol–water partition coefficient (Wildman–Crippen LogP) is 4.10. The quantitative estimate of drug-likeness (QED) is 0.653. The zero-order valence-corrected chi connectivity index (χ0v) is 14.7. The monoisotopic (exact) mass is 366 g/mol. The van der Waals surface area contributed by atoms with Crippen molar-refractivity contribution in [2.45, 2.75) is 6.54 Å². The fourth-order valence-electron chi connectivity index (χ4n) is 2.44. The fraction of sp³-hybridized carbons (Fsp3) is 0.222. The van der Waals surface area contributed by atoms with E-state index < -0.39 is 0 Å². The maximum atomic E-state index is 6.10. The second-order valence-electron chi connectivity index (χ2n) is 5.44. The topological polar surface area (TPSA) is 47.7 Å². The van der Waals surface area contributed by atoms with Gasteiger partial charge in [0, 0.05) is 18.8 Å². The average Bonchev–Trinajstić information content (AvgIpc) is 2.55. The lowest BCUT2D eigenvalue weighted by Gasteiger charge is -2.28. The van der Waals surface area contributed by atoms with Gasteiger partial charge in [-0.05, 0) is 23.8 Å². The number of halogens is 2. The van der Waals surface area contributed by atoms with E-state index in [0.717, 1.165) is 18.8 Å². The molecule has 2 aromatic carbocycles. The van der Waals surface area contributed by atoms with Crippen LogP contribution in [0.1, 0.15) is 5.56 Å². The third kappa shape index (κ3) is 5.06. The molecule has 0 amide bonds. The summed E-state index contributed by atoms with van der Waals surface area (Å²) in [7, 11) is 0. The molecule has 3 rings (SSSR count).